The summed E-state index contributed by atoms with van der Waals surface area (Å²) in [5, 5.41) is 5.88. The van der Waals surface area contributed by atoms with E-state index in [1.165, 1.54) is 51.5 Å². The van der Waals surface area contributed by atoms with Gasteiger partial charge in [-0.3, -0.25) is 14.4 Å². The lowest BCUT2D eigenvalue weighted by Crippen LogP contribution is -2.47. The Hall–Kier alpha value is -3.15. The molecule has 0 aromatic heterocycles. The Morgan fingerprint density at radius 3 is 2.03 bits per heavy atom. The molecule has 2 amide bonds. The Kier molecular flexibility index (Phi) is 5.69. The number of anilines is 2. The molecule has 0 heterocycles. The van der Waals surface area contributed by atoms with E-state index in [4.69, 9.17) is 4.74 Å². The van der Waals surface area contributed by atoms with Crippen LogP contribution in [-0.4, -0.2) is 17.8 Å². The number of rotatable bonds is 6. The Labute approximate surface area is 194 Å². The van der Waals surface area contributed by atoms with Crippen molar-refractivity contribution in [2.75, 3.05) is 10.6 Å². The molecule has 4 bridgehead atoms. The largest absolute Gasteiger partial charge is 0.427 e. The molecule has 6 heteroatoms. The van der Waals surface area contributed by atoms with Crippen LogP contribution in [0.5, 0.6) is 5.75 Å². The molecule has 6 nitrogen and oxygen atoms in total. The third-order valence-electron chi connectivity index (χ3n) is 7.48. The van der Waals surface area contributed by atoms with E-state index in [1.807, 2.05) is 12.1 Å². The lowest BCUT2D eigenvalue weighted by molar-refractivity contribution is -0.132. The second-order valence-electron chi connectivity index (χ2n) is 10.3. The zero-order valence-electron chi connectivity index (χ0n) is 18.9. The molecule has 6 rings (SSSR count). The topological polar surface area (TPSA) is 84.5 Å². The van der Waals surface area contributed by atoms with Crippen LogP contribution in [0.2, 0.25) is 0 Å². The predicted octanol–water partition coefficient (Wildman–Crippen LogP) is 5.41. The standard InChI is InChI=1S/C27H30N2O4/c1-17(30)33-24-4-2-3-21(12-24)26(32)29-23-7-5-22(6-8-23)28-25(31)16-27-13-18-9-19(14-27)11-20(10-18)15-27/h2-8,12,18-20H,9-11,13-16H2,1H3,(H,28,31)(H,29,32). The summed E-state index contributed by atoms with van der Waals surface area (Å²) >= 11 is 0. The normalized spacial score (nSPS) is 27.1. The molecule has 4 saturated carbocycles. The summed E-state index contributed by atoms with van der Waals surface area (Å²) in [4.78, 5) is 36.5. The molecule has 4 fully saturated rings. The zero-order chi connectivity index (χ0) is 23.0. The van der Waals surface area contributed by atoms with E-state index in [-0.39, 0.29) is 17.2 Å². The van der Waals surface area contributed by atoms with Crippen LogP contribution in [0.1, 0.15) is 62.2 Å². The number of carbonyl (C=O) groups excluding carboxylic acids is 3. The van der Waals surface area contributed by atoms with E-state index in [1.54, 1.807) is 30.3 Å². The minimum atomic E-state index is -0.437. The van der Waals surface area contributed by atoms with E-state index in [0.717, 1.165) is 23.4 Å². The van der Waals surface area contributed by atoms with Crippen molar-refractivity contribution in [3.63, 3.8) is 0 Å². The summed E-state index contributed by atoms with van der Waals surface area (Å²) in [6.45, 7) is 1.32. The van der Waals surface area contributed by atoms with Crippen molar-refractivity contribution in [3.8, 4) is 5.75 Å². The maximum atomic E-state index is 12.8. The fourth-order valence-corrected chi connectivity index (χ4v) is 6.76. The SMILES string of the molecule is CC(=O)Oc1cccc(C(=O)Nc2ccc(NC(=O)CC34CC5CC(CC(C5)C3)C4)cc2)c1. The van der Waals surface area contributed by atoms with Crippen molar-refractivity contribution in [1.82, 2.24) is 0 Å². The lowest BCUT2D eigenvalue weighted by Gasteiger charge is -2.56. The molecule has 2 aromatic carbocycles. The molecular weight excluding hydrogens is 416 g/mol. The first-order chi connectivity index (χ1) is 15.9. The Morgan fingerprint density at radius 1 is 0.879 bits per heavy atom. The van der Waals surface area contributed by atoms with E-state index in [0.29, 0.717) is 23.4 Å². The maximum Gasteiger partial charge on any atom is 0.308 e. The van der Waals surface area contributed by atoms with E-state index in [2.05, 4.69) is 10.6 Å². The number of amides is 2. The van der Waals surface area contributed by atoms with Gasteiger partial charge in [0.25, 0.3) is 5.91 Å². The van der Waals surface area contributed by atoms with Crippen LogP contribution in [0.4, 0.5) is 11.4 Å². The fraction of sp³-hybridized carbons (Fsp3) is 0.444. The zero-order valence-corrected chi connectivity index (χ0v) is 18.9. The van der Waals surface area contributed by atoms with Gasteiger partial charge in [-0.1, -0.05) is 6.07 Å². The number of hydrogen-bond acceptors (Lipinski definition) is 4. The van der Waals surface area contributed by atoms with Gasteiger partial charge in [-0.05, 0) is 104 Å². The van der Waals surface area contributed by atoms with Crippen LogP contribution < -0.4 is 15.4 Å². The smallest absolute Gasteiger partial charge is 0.308 e. The van der Waals surface area contributed by atoms with Gasteiger partial charge in [0.1, 0.15) is 5.75 Å². The number of esters is 1. The van der Waals surface area contributed by atoms with Crippen molar-refractivity contribution < 1.29 is 19.1 Å². The number of nitrogens with one attached hydrogen (secondary N) is 2. The second kappa shape index (κ2) is 8.65. The molecule has 0 aliphatic heterocycles. The molecule has 33 heavy (non-hydrogen) atoms. The molecule has 172 valence electrons. The van der Waals surface area contributed by atoms with E-state index >= 15 is 0 Å². The molecule has 0 saturated heterocycles. The number of hydrogen-bond donors (Lipinski definition) is 2. The molecule has 0 spiro atoms. The van der Waals surface area contributed by atoms with E-state index in [9.17, 15) is 14.4 Å². The highest BCUT2D eigenvalue weighted by molar-refractivity contribution is 6.04. The summed E-state index contributed by atoms with van der Waals surface area (Å²) in [7, 11) is 0. The molecule has 0 atom stereocenters. The van der Waals surface area contributed by atoms with Crippen molar-refractivity contribution >= 4 is 29.2 Å². The van der Waals surface area contributed by atoms with Gasteiger partial charge in [0, 0.05) is 30.3 Å². The minimum Gasteiger partial charge on any atom is -0.427 e. The average Bonchev–Trinajstić information content (AvgIpc) is 2.73. The summed E-state index contributed by atoms with van der Waals surface area (Å²) in [6.07, 6.45) is 8.40. The Bertz CT molecular complexity index is 1040. The van der Waals surface area contributed by atoms with Crippen LogP contribution in [0, 0.1) is 23.2 Å². The quantitative estimate of drug-likeness (QED) is 0.459. The van der Waals surface area contributed by atoms with Crippen LogP contribution in [0.25, 0.3) is 0 Å². The maximum absolute atomic E-state index is 12.8. The Balaban J connectivity index is 1.17. The Morgan fingerprint density at radius 2 is 1.45 bits per heavy atom. The summed E-state index contributed by atoms with van der Waals surface area (Å²) in [5.41, 5.74) is 1.96. The highest BCUT2D eigenvalue weighted by atomic mass is 16.5. The first kappa shape index (κ1) is 21.7. The first-order valence-electron chi connectivity index (χ1n) is 11.9. The molecule has 4 aliphatic rings. The van der Waals surface area contributed by atoms with Gasteiger partial charge >= 0.3 is 5.97 Å². The lowest BCUT2D eigenvalue weighted by atomic mass is 9.49. The first-order valence-corrected chi connectivity index (χ1v) is 11.9. The third-order valence-corrected chi connectivity index (χ3v) is 7.48. The highest BCUT2D eigenvalue weighted by Crippen LogP contribution is 2.61. The predicted molar refractivity (Wildman–Crippen MR) is 126 cm³/mol. The average molecular weight is 447 g/mol. The van der Waals surface area contributed by atoms with E-state index < -0.39 is 5.97 Å². The fourth-order valence-electron chi connectivity index (χ4n) is 6.76. The van der Waals surface area contributed by atoms with Gasteiger partial charge in [-0.15, -0.1) is 0 Å². The van der Waals surface area contributed by atoms with Gasteiger partial charge in [0.05, 0.1) is 0 Å². The summed E-state index contributed by atoms with van der Waals surface area (Å²) in [5.74, 6) is 2.18. The van der Waals surface area contributed by atoms with Gasteiger partial charge in [0.2, 0.25) is 5.91 Å². The second-order valence-corrected chi connectivity index (χ2v) is 10.3. The van der Waals surface area contributed by atoms with Crippen molar-refractivity contribution in [3.05, 3.63) is 54.1 Å². The van der Waals surface area contributed by atoms with Crippen molar-refractivity contribution in [1.29, 1.82) is 0 Å². The van der Waals surface area contributed by atoms with Crippen molar-refractivity contribution in [2.24, 2.45) is 23.2 Å². The molecule has 4 aliphatic carbocycles. The van der Waals surface area contributed by atoms with Gasteiger partial charge < -0.3 is 15.4 Å². The molecule has 0 radical (unpaired) electrons. The van der Waals surface area contributed by atoms with Gasteiger partial charge in [0.15, 0.2) is 0 Å². The summed E-state index contributed by atoms with van der Waals surface area (Å²) < 4.78 is 5.04. The minimum absolute atomic E-state index is 0.0935. The molecule has 2 N–H and O–H groups in total. The van der Waals surface area contributed by atoms with Crippen molar-refractivity contribution in [2.45, 2.75) is 51.9 Å². The van der Waals surface area contributed by atoms with Crippen LogP contribution in [0.15, 0.2) is 48.5 Å². The molecule has 0 unspecified atom stereocenters. The highest BCUT2D eigenvalue weighted by Gasteiger charge is 2.51. The number of ether oxygens (including phenoxy) is 1. The monoisotopic (exact) mass is 446 g/mol. The van der Waals surface area contributed by atoms with Crippen LogP contribution in [0.3, 0.4) is 0 Å². The van der Waals surface area contributed by atoms with Gasteiger partial charge in [-0.25, -0.2) is 0 Å². The van der Waals surface area contributed by atoms with Crippen LogP contribution in [-0.2, 0) is 9.59 Å². The van der Waals surface area contributed by atoms with Gasteiger partial charge in [-0.2, -0.15) is 0 Å². The molecule has 2 aromatic rings. The van der Waals surface area contributed by atoms with Crippen LogP contribution >= 0.6 is 0 Å². The molecular formula is C27H30N2O4. The number of benzene rings is 2. The third kappa shape index (κ3) is 4.95. The number of carbonyl (C=O) groups is 3. The summed E-state index contributed by atoms with van der Waals surface area (Å²) in [6, 6.07) is 13.6.